The normalized spacial score (nSPS) is 10.4. The molecular weight excluding hydrogens is 218 g/mol. The summed E-state index contributed by atoms with van der Waals surface area (Å²) in [6.45, 7) is 4.33. The molecule has 0 atom stereocenters. The molecule has 96 valence electrons. The third-order valence-corrected chi connectivity index (χ3v) is 2.34. The van der Waals surface area contributed by atoms with Crippen LogP contribution in [0, 0.1) is 0 Å². The number of aromatic nitrogens is 2. The molecule has 1 aromatic rings. The number of ether oxygens (including phenoxy) is 1. The second-order valence-corrected chi connectivity index (χ2v) is 3.93. The van der Waals surface area contributed by atoms with Crippen molar-refractivity contribution in [1.82, 2.24) is 15.5 Å². The number of amides is 1. The Bertz CT molecular complexity index is 299. The molecule has 1 rings (SSSR count). The average molecular weight is 239 g/mol. The molecule has 17 heavy (non-hydrogen) atoms. The van der Waals surface area contributed by atoms with Crippen LogP contribution in [0.3, 0.4) is 0 Å². The highest BCUT2D eigenvalue weighted by Crippen LogP contribution is 1.93. The molecule has 0 aliphatic heterocycles. The summed E-state index contributed by atoms with van der Waals surface area (Å²) in [5, 5.41) is 9.39. The van der Waals surface area contributed by atoms with Crippen molar-refractivity contribution in [1.29, 1.82) is 0 Å². The monoisotopic (exact) mass is 239 g/mol. The minimum atomic E-state index is 0.0165. The number of carbonyl (C=O) groups is 1. The molecule has 0 saturated heterocycles. The number of unbranched alkanes of at least 4 members (excludes halogenated alkanes) is 1. The molecule has 0 bridgehead atoms. The fraction of sp³-hybridized carbons (Fsp3) is 0.667. The van der Waals surface area contributed by atoms with Crippen molar-refractivity contribution in [3.8, 4) is 0 Å². The lowest BCUT2D eigenvalue weighted by Crippen LogP contribution is -2.27. The molecular formula is C12H21N3O2. The molecule has 0 radical (unpaired) electrons. The van der Waals surface area contributed by atoms with E-state index in [4.69, 9.17) is 4.74 Å². The highest BCUT2D eigenvalue weighted by Gasteiger charge is 2.02. The van der Waals surface area contributed by atoms with E-state index in [0.29, 0.717) is 19.6 Å². The van der Waals surface area contributed by atoms with Gasteiger partial charge in [-0.3, -0.25) is 9.89 Å². The van der Waals surface area contributed by atoms with Gasteiger partial charge in [0.25, 0.3) is 0 Å². The van der Waals surface area contributed by atoms with Crippen LogP contribution in [0.2, 0.25) is 0 Å². The molecule has 1 amide bonds. The van der Waals surface area contributed by atoms with Crippen molar-refractivity contribution in [2.75, 3.05) is 19.8 Å². The zero-order chi connectivity index (χ0) is 12.3. The van der Waals surface area contributed by atoms with Crippen molar-refractivity contribution >= 4 is 5.91 Å². The molecule has 2 N–H and O–H groups in total. The van der Waals surface area contributed by atoms with Crippen LogP contribution in [0.15, 0.2) is 12.3 Å². The van der Waals surface area contributed by atoms with Gasteiger partial charge in [0, 0.05) is 31.6 Å². The summed E-state index contributed by atoms with van der Waals surface area (Å²) >= 11 is 0. The van der Waals surface area contributed by atoms with Crippen LogP contribution in [0.25, 0.3) is 0 Å². The van der Waals surface area contributed by atoms with Crippen molar-refractivity contribution in [2.45, 2.75) is 32.6 Å². The summed E-state index contributed by atoms with van der Waals surface area (Å²) in [7, 11) is 0. The highest BCUT2D eigenvalue weighted by atomic mass is 16.5. The Hall–Kier alpha value is -1.36. The van der Waals surface area contributed by atoms with E-state index >= 15 is 0 Å². The maximum Gasteiger partial charge on any atom is 0.225 e. The lowest BCUT2D eigenvalue weighted by atomic mass is 10.3. The number of carbonyl (C=O) groups excluding carboxylic acids is 1. The van der Waals surface area contributed by atoms with Gasteiger partial charge < -0.3 is 10.1 Å². The van der Waals surface area contributed by atoms with E-state index in [1.54, 1.807) is 12.3 Å². The van der Waals surface area contributed by atoms with Gasteiger partial charge in [-0.2, -0.15) is 5.10 Å². The lowest BCUT2D eigenvalue weighted by molar-refractivity contribution is -0.120. The molecule has 0 saturated carbocycles. The van der Waals surface area contributed by atoms with Gasteiger partial charge in [0.2, 0.25) is 5.91 Å². The van der Waals surface area contributed by atoms with E-state index in [-0.39, 0.29) is 5.91 Å². The number of nitrogens with one attached hydrogen (secondary N) is 2. The SMILES string of the molecule is CCCCOCCCNC(=O)Cc1ccn[nH]1. The van der Waals surface area contributed by atoms with Crippen molar-refractivity contribution in [2.24, 2.45) is 0 Å². The van der Waals surface area contributed by atoms with Crippen molar-refractivity contribution < 1.29 is 9.53 Å². The van der Waals surface area contributed by atoms with Crippen LogP contribution < -0.4 is 5.32 Å². The molecule has 0 unspecified atom stereocenters. The number of nitrogens with zero attached hydrogens (tertiary/aromatic N) is 1. The predicted molar refractivity (Wildman–Crippen MR) is 65.6 cm³/mol. The second kappa shape index (κ2) is 8.75. The van der Waals surface area contributed by atoms with Gasteiger partial charge >= 0.3 is 0 Å². The number of hydrogen-bond acceptors (Lipinski definition) is 3. The smallest absolute Gasteiger partial charge is 0.225 e. The van der Waals surface area contributed by atoms with Gasteiger partial charge in [0.05, 0.1) is 6.42 Å². The molecule has 0 aromatic carbocycles. The maximum absolute atomic E-state index is 11.4. The Kier molecular flexibility index (Phi) is 7.06. The number of H-pyrrole nitrogens is 1. The molecule has 1 heterocycles. The lowest BCUT2D eigenvalue weighted by Gasteiger charge is -2.05. The van der Waals surface area contributed by atoms with E-state index in [1.807, 2.05) is 0 Å². The van der Waals surface area contributed by atoms with Gasteiger partial charge in [-0.25, -0.2) is 0 Å². The first-order chi connectivity index (χ1) is 8.33. The Morgan fingerprint density at radius 1 is 1.47 bits per heavy atom. The number of hydrogen-bond donors (Lipinski definition) is 2. The Balaban J connectivity index is 1.94. The van der Waals surface area contributed by atoms with Crippen molar-refractivity contribution in [3.05, 3.63) is 18.0 Å². The summed E-state index contributed by atoms with van der Waals surface area (Å²) in [5.41, 5.74) is 0.835. The summed E-state index contributed by atoms with van der Waals surface area (Å²) in [4.78, 5) is 11.4. The molecule has 5 heteroatoms. The first-order valence-electron chi connectivity index (χ1n) is 6.15. The minimum Gasteiger partial charge on any atom is -0.381 e. The average Bonchev–Trinajstić information content (AvgIpc) is 2.80. The largest absolute Gasteiger partial charge is 0.381 e. The van der Waals surface area contributed by atoms with Crippen LogP contribution in [-0.4, -0.2) is 35.9 Å². The number of rotatable bonds is 9. The van der Waals surface area contributed by atoms with Crippen molar-refractivity contribution in [3.63, 3.8) is 0 Å². The molecule has 1 aromatic heterocycles. The van der Waals surface area contributed by atoms with Gasteiger partial charge in [0.15, 0.2) is 0 Å². The van der Waals surface area contributed by atoms with Gasteiger partial charge in [0.1, 0.15) is 0 Å². The molecule has 0 aliphatic carbocycles. The Morgan fingerprint density at radius 2 is 2.29 bits per heavy atom. The van der Waals surface area contributed by atoms with E-state index in [2.05, 4.69) is 22.4 Å². The first kappa shape index (κ1) is 13.7. The molecule has 0 fully saturated rings. The number of aromatic amines is 1. The molecule has 0 spiro atoms. The topological polar surface area (TPSA) is 67.0 Å². The van der Waals surface area contributed by atoms with Crippen LogP contribution in [0.1, 0.15) is 31.9 Å². The standard InChI is InChI=1S/C12H21N3O2/c1-2-3-8-17-9-4-6-13-12(16)10-11-5-7-14-15-11/h5,7H,2-4,6,8-10H2,1H3,(H,13,16)(H,14,15). The zero-order valence-corrected chi connectivity index (χ0v) is 10.4. The van der Waals surface area contributed by atoms with Gasteiger partial charge in [-0.05, 0) is 18.9 Å². The zero-order valence-electron chi connectivity index (χ0n) is 10.4. The van der Waals surface area contributed by atoms with E-state index < -0.39 is 0 Å². The van der Waals surface area contributed by atoms with Crippen LogP contribution in [0.4, 0.5) is 0 Å². The van der Waals surface area contributed by atoms with Crippen LogP contribution in [-0.2, 0) is 16.0 Å². The Labute approximate surface area is 102 Å². The van der Waals surface area contributed by atoms with Crippen LogP contribution >= 0.6 is 0 Å². The fourth-order valence-electron chi connectivity index (χ4n) is 1.37. The van der Waals surface area contributed by atoms with Crippen LogP contribution in [0.5, 0.6) is 0 Å². The van der Waals surface area contributed by atoms with Gasteiger partial charge in [-0.15, -0.1) is 0 Å². The summed E-state index contributed by atoms with van der Waals surface area (Å²) in [6, 6.07) is 1.80. The maximum atomic E-state index is 11.4. The third-order valence-electron chi connectivity index (χ3n) is 2.34. The van der Waals surface area contributed by atoms with E-state index in [9.17, 15) is 4.79 Å². The predicted octanol–water partition coefficient (Wildman–Crippen LogP) is 1.28. The molecule has 5 nitrogen and oxygen atoms in total. The van der Waals surface area contributed by atoms with Gasteiger partial charge in [-0.1, -0.05) is 13.3 Å². The van der Waals surface area contributed by atoms with E-state index in [1.165, 1.54) is 0 Å². The molecule has 0 aliphatic rings. The first-order valence-corrected chi connectivity index (χ1v) is 6.15. The fourth-order valence-corrected chi connectivity index (χ4v) is 1.37. The Morgan fingerprint density at radius 3 is 3.00 bits per heavy atom. The summed E-state index contributed by atoms with van der Waals surface area (Å²) < 4.78 is 5.39. The summed E-state index contributed by atoms with van der Waals surface area (Å²) in [6.07, 6.45) is 5.12. The minimum absolute atomic E-state index is 0.0165. The quantitative estimate of drug-likeness (QED) is 0.638. The van der Waals surface area contributed by atoms with E-state index in [0.717, 1.165) is 31.6 Å². The highest BCUT2D eigenvalue weighted by molar-refractivity contribution is 5.77. The third kappa shape index (κ3) is 6.73. The second-order valence-electron chi connectivity index (χ2n) is 3.93. The summed E-state index contributed by atoms with van der Waals surface area (Å²) in [5.74, 6) is 0.0165.